The van der Waals surface area contributed by atoms with Gasteiger partial charge in [-0.1, -0.05) is 33.8 Å². The van der Waals surface area contributed by atoms with Crippen molar-refractivity contribution in [1.29, 1.82) is 0 Å². The van der Waals surface area contributed by atoms with Crippen molar-refractivity contribution in [3.05, 3.63) is 41.5 Å². The highest BCUT2D eigenvalue weighted by Gasteiger charge is 2.44. The zero-order valence-corrected chi connectivity index (χ0v) is 25.4. The lowest BCUT2D eigenvalue weighted by molar-refractivity contribution is -0.119. The summed E-state index contributed by atoms with van der Waals surface area (Å²) in [4.78, 5) is 14.1. The predicted molar refractivity (Wildman–Crippen MR) is 153 cm³/mol. The second kappa shape index (κ2) is 11.8. The third kappa shape index (κ3) is 5.86. The van der Waals surface area contributed by atoms with E-state index < -0.39 is 14.4 Å². The first-order valence-electron chi connectivity index (χ1n) is 13.0. The third-order valence-electron chi connectivity index (χ3n) is 7.40. The molecular weight excluding hydrogens is 500 g/mol. The van der Waals surface area contributed by atoms with Crippen molar-refractivity contribution in [2.24, 2.45) is 0 Å². The van der Waals surface area contributed by atoms with Crippen molar-refractivity contribution < 1.29 is 32.9 Å². The molecule has 7 nitrogen and oxygen atoms in total. The fourth-order valence-corrected chi connectivity index (χ4v) is 5.57. The summed E-state index contributed by atoms with van der Waals surface area (Å²) in [7, 11) is 4.09. The van der Waals surface area contributed by atoms with E-state index in [4.69, 9.17) is 28.1 Å². The van der Waals surface area contributed by atoms with Crippen LogP contribution in [0.5, 0.6) is 28.7 Å². The second-order valence-electron chi connectivity index (χ2n) is 10.9. The van der Waals surface area contributed by atoms with Gasteiger partial charge < -0.3 is 28.1 Å². The second-order valence-corrected chi connectivity index (χ2v) is 15.7. The first kappa shape index (κ1) is 29.6. The summed E-state index contributed by atoms with van der Waals surface area (Å²) in [5.41, 5.74) is 3.04. The van der Waals surface area contributed by atoms with Gasteiger partial charge in [0.15, 0.2) is 37.1 Å². The molecule has 1 unspecified atom stereocenters. The first-order valence-corrected chi connectivity index (χ1v) is 15.9. The van der Waals surface area contributed by atoms with Gasteiger partial charge in [0.2, 0.25) is 5.75 Å². The fraction of sp³-hybridized carbons (Fsp3) is 0.500. The number of carbonyl (C=O) groups excluding carboxylic acids is 1. The Kier molecular flexibility index (Phi) is 9.20. The van der Waals surface area contributed by atoms with Crippen LogP contribution in [0.25, 0.3) is 11.1 Å². The van der Waals surface area contributed by atoms with Gasteiger partial charge in [0.25, 0.3) is 0 Å². The smallest absolute Gasteiger partial charge is 0.203 e. The summed E-state index contributed by atoms with van der Waals surface area (Å²) in [6, 6.07) is 9.44. The van der Waals surface area contributed by atoms with Gasteiger partial charge in [0.1, 0.15) is 6.10 Å². The monoisotopic (exact) mass is 542 g/mol. The molecular formula is C30H42O7Si. The van der Waals surface area contributed by atoms with Crippen LogP contribution in [0.4, 0.5) is 0 Å². The largest absolute Gasteiger partial charge is 0.493 e. The zero-order chi connectivity index (χ0) is 28.3. The number of ketones is 1. The summed E-state index contributed by atoms with van der Waals surface area (Å²) in [5.74, 6) is 2.68. The minimum atomic E-state index is -2.23. The molecule has 2 aromatic rings. The van der Waals surface area contributed by atoms with Gasteiger partial charge in [0.05, 0.1) is 35.0 Å². The maximum Gasteiger partial charge on any atom is 0.203 e. The third-order valence-corrected chi connectivity index (χ3v) is 11.9. The Morgan fingerprint density at radius 2 is 1.42 bits per heavy atom. The summed E-state index contributed by atoms with van der Waals surface area (Å²) < 4.78 is 34.9. The van der Waals surface area contributed by atoms with E-state index in [0.717, 1.165) is 17.6 Å². The highest BCUT2D eigenvalue weighted by atomic mass is 28.4. The molecule has 0 N–H and O–H groups in total. The molecule has 0 spiro atoms. The first-order chi connectivity index (χ1) is 17.9. The molecule has 38 heavy (non-hydrogen) atoms. The molecule has 3 rings (SSSR count). The number of hydrogen-bond acceptors (Lipinski definition) is 7. The Labute approximate surface area is 228 Å². The average Bonchev–Trinajstić information content (AvgIpc) is 3.20. The van der Waals surface area contributed by atoms with E-state index in [2.05, 4.69) is 40.8 Å². The minimum Gasteiger partial charge on any atom is -0.493 e. The standard InChI is InChI=1S/C30H42O7Si/c1-11-14-36-23-15-19(12-13-22(23)32-5)21-18-24(37-38(9,10)30(2,3)4)28(31)27(21)20-16-25(33-6)29(35-8)26(17-20)34-7/h12-13,15-17,24H,11,14,18H2,1-10H3. The van der Waals surface area contributed by atoms with Gasteiger partial charge in [-0.15, -0.1) is 0 Å². The number of rotatable bonds is 11. The topological polar surface area (TPSA) is 72.5 Å². The van der Waals surface area contributed by atoms with E-state index in [-0.39, 0.29) is 10.8 Å². The summed E-state index contributed by atoms with van der Waals surface area (Å²) in [6.07, 6.45) is 0.743. The predicted octanol–water partition coefficient (Wildman–Crippen LogP) is 6.78. The quantitative estimate of drug-likeness (QED) is 0.290. The fourth-order valence-electron chi connectivity index (χ4n) is 4.31. The van der Waals surface area contributed by atoms with Crippen LogP contribution in [0.3, 0.4) is 0 Å². The lowest BCUT2D eigenvalue weighted by atomic mass is 9.95. The van der Waals surface area contributed by atoms with Crippen LogP contribution >= 0.6 is 0 Å². The molecule has 1 aliphatic rings. The summed E-state index contributed by atoms with van der Waals surface area (Å²) in [6.45, 7) is 13.5. The van der Waals surface area contributed by atoms with Crippen LogP contribution in [0.15, 0.2) is 30.3 Å². The van der Waals surface area contributed by atoms with Crippen LogP contribution in [-0.2, 0) is 9.22 Å². The maximum atomic E-state index is 14.1. The zero-order valence-electron chi connectivity index (χ0n) is 24.4. The van der Waals surface area contributed by atoms with Crippen molar-refractivity contribution in [2.75, 3.05) is 35.0 Å². The van der Waals surface area contributed by atoms with E-state index in [0.29, 0.717) is 52.9 Å². The molecule has 0 fully saturated rings. The molecule has 1 atom stereocenters. The molecule has 8 heteroatoms. The Morgan fingerprint density at radius 1 is 0.842 bits per heavy atom. The highest BCUT2D eigenvalue weighted by Crippen LogP contribution is 2.47. The van der Waals surface area contributed by atoms with Gasteiger partial charge in [-0.05, 0) is 65.5 Å². The Balaban J connectivity index is 2.22. The molecule has 0 aliphatic heterocycles. The summed E-state index contributed by atoms with van der Waals surface area (Å²) in [5, 5.41) is -0.0377. The molecule has 0 heterocycles. The van der Waals surface area contributed by atoms with Crippen LogP contribution in [-0.4, -0.2) is 55.3 Å². The van der Waals surface area contributed by atoms with E-state index in [9.17, 15) is 4.79 Å². The Morgan fingerprint density at radius 3 is 1.92 bits per heavy atom. The van der Waals surface area contributed by atoms with Crippen LogP contribution in [0, 0.1) is 0 Å². The number of carbonyl (C=O) groups is 1. The van der Waals surface area contributed by atoms with Gasteiger partial charge >= 0.3 is 0 Å². The molecule has 1 aliphatic carbocycles. The molecule has 2 aromatic carbocycles. The van der Waals surface area contributed by atoms with E-state index in [1.165, 1.54) is 0 Å². The lowest BCUT2D eigenvalue weighted by Crippen LogP contribution is -2.45. The number of methoxy groups -OCH3 is 4. The van der Waals surface area contributed by atoms with Crippen molar-refractivity contribution in [2.45, 2.75) is 64.8 Å². The van der Waals surface area contributed by atoms with Crippen molar-refractivity contribution in [1.82, 2.24) is 0 Å². The summed E-state index contributed by atoms with van der Waals surface area (Å²) >= 11 is 0. The lowest BCUT2D eigenvalue weighted by Gasteiger charge is -2.38. The van der Waals surface area contributed by atoms with Crippen LogP contribution < -0.4 is 23.7 Å². The number of ether oxygens (including phenoxy) is 5. The molecule has 0 amide bonds. The van der Waals surface area contributed by atoms with Crippen molar-refractivity contribution >= 4 is 25.2 Å². The number of benzene rings is 2. The van der Waals surface area contributed by atoms with Gasteiger partial charge in [-0.25, -0.2) is 0 Å². The normalized spacial score (nSPS) is 16.1. The molecule has 0 radical (unpaired) electrons. The van der Waals surface area contributed by atoms with Gasteiger partial charge in [-0.3, -0.25) is 4.79 Å². The van der Waals surface area contributed by atoms with Crippen LogP contribution in [0.1, 0.15) is 51.7 Å². The van der Waals surface area contributed by atoms with E-state index in [1.807, 2.05) is 30.3 Å². The Hall–Kier alpha value is -2.97. The SMILES string of the molecule is CCCOc1cc(C2=C(c3cc(OC)c(OC)c(OC)c3)C(=O)C(O[Si](C)(C)C(C)(C)C)C2)ccc1OC. The molecule has 0 saturated heterocycles. The van der Waals surface area contributed by atoms with Crippen LogP contribution in [0.2, 0.25) is 18.1 Å². The van der Waals surface area contributed by atoms with Gasteiger partial charge in [0, 0.05) is 12.0 Å². The molecule has 0 aromatic heterocycles. The molecule has 0 saturated carbocycles. The van der Waals surface area contributed by atoms with E-state index in [1.54, 1.807) is 28.4 Å². The van der Waals surface area contributed by atoms with Crippen molar-refractivity contribution in [3.8, 4) is 28.7 Å². The molecule has 0 bridgehead atoms. The maximum absolute atomic E-state index is 14.1. The number of hydrogen-bond donors (Lipinski definition) is 0. The average molecular weight is 543 g/mol. The minimum absolute atomic E-state index is 0.0377. The Bertz CT molecular complexity index is 1170. The number of Topliss-reactive ketones (excluding diaryl/α,β-unsaturated/α-hetero) is 1. The highest BCUT2D eigenvalue weighted by molar-refractivity contribution is 6.74. The molecule has 208 valence electrons. The van der Waals surface area contributed by atoms with E-state index >= 15 is 0 Å². The van der Waals surface area contributed by atoms with Gasteiger partial charge in [-0.2, -0.15) is 0 Å². The van der Waals surface area contributed by atoms with Crippen molar-refractivity contribution in [3.63, 3.8) is 0 Å².